The number of ether oxygens (including phenoxy) is 2. The molecule has 1 saturated carbocycles. The molecule has 1 aromatic heterocycles. The highest BCUT2D eigenvalue weighted by Gasteiger charge is 2.29. The third-order valence-electron chi connectivity index (χ3n) is 6.67. The molecule has 38 heavy (non-hydrogen) atoms. The molecule has 0 unspecified atom stereocenters. The first-order valence-corrected chi connectivity index (χ1v) is 13.5. The van der Waals surface area contributed by atoms with Crippen molar-refractivity contribution in [2.24, 2.45) is 0 Å². The Morgan fingerprint density at radius 2 is 1.76 bits per heavy atom. The van der Waals surface area contributed by atoms with Crippen molar-refractivity contribution in [3.8, 4) is 5.75 Å². The molecule has 1 fully saturated rings. The number of carbonyl (C=O) groups is 1. The number of benzene rings is 2. The number of esters is 1. The zero-order valence-electron chi connectivity index (χ0n) is 22.9. The van der Waals surface area contributed by atoms with E-state index in [1.54, 1.807) is 19.2 Å². The smallest absolute Gasteiger partial charge is 0.338 e. The summed E-state index contributed by atoms with van der Waals surface area (Å²) in [7, 11) is 3.74. The summed E-state index contributed by atoms with van der Waals surface area (Å²) < 4.78 is 12.8. The van der Waals surface area contributed by atoms with Gasteiger partial charge in [0.25, 0.3) is 5.56 Å². The number of carbonyl (C=O) groups excluding carboxylic acids is 1. The average molecular weight is 537 g/mol. The molecule has 0 bridgehead atoms. The van der Waals surface area contributed by atoms with Gasteiger partial charge in [0.1, 0.15) is 16.4 Å². The number of hydrogen-bond acceptors (Lipinski definition) is 5. The summed E-state index contributed by atoms with van der Waals surface area (Å²) in [5, 5.41) is 0.267. The van der Waals surface area contributed by atoms with E-state index in [9.17, 15) is 9.59 Å². The molecular weight excluding hydrogens is 500 g/mol. The highest BCUT2D eigenvalue weighted by atomic mass is 35.5. The van der Waals surface area contributed by atoms with E-state index >= 15 is 0 Å². The minimum Gasteiger partial charge on any atom is -0.496 e. The van der Waals surface area contributed by atoms with Gasteiger partial charge in [-0.1, -0.05) is 41.9 Å². The molecule has 202 valence electrons. The Kier molecular flexibility index (Phi) is 8.64. The van der Waals surface area contributed by atoms with Crippen LogP contribution in [0.25, 0.3) is 0 Å². The van der Waals surface area contributed by atoms with Crippen LogP contribution in [-0.2, 0) is 30.8 Å². The minimum atomic E-state index is -0.544. The van der Waals surface area contributed by atoms with Crippen molar-refractivity contribution in [1.29, 1.82) is 0 Å². The Balaban J connectivity index is 1.55. The third-order valence-corrected chi connectivity index (χ3v) is 6.94. The van der Waals surface area contributed by atoms with E-state index in [0.717, 1.165) is 35.4 Å². The Morgan fingerprint density at radius 3 is 2.39 bits per heavy atom. The van der Waals surface area contributed by atoms with E-state index in [1.165, 1.54) is 5.56 Å². The van der Waals surface area contributed by atoms with Crippen LogP contribution in [0.5, 0.6) is 5.75 Å². The Bertz CT molecular complexity index is 1340. The van der Waals surface area contributed by atoms with Crippen molar-refractivity contribution in [2.75, 3.05) is 14.2 Å². The topological polar surface area (TPSA) is 60.8 Å². The molecular formula is C31H37ClN2O4. The molecule has 0 spiro atoms. The van der Waals surface area contributed by atoms with Gasteiger partial charge in [0, 0.05) is 30.9 Å². The molecule has 4 rings (SSSR count). The second-order valence-corrected chi connectivity index (χ2v) is 11.5. The van der Waals surface area contributed by atoms with Crippen molar-refractivity contribution >= 4 is 17.6 Å². The quantitative estimate of drug-likeness (QED) is 0.288. The minimum absolute atomic E-state index is 0.165. The maximum atomic E-state index is 13.3. The lowest BCUT2D eigenvalue weighted by Gasteiger charge is -2.24. The summed E-state index contributed by atoms with van der Waals surface area (Å²) >= 11 is 6.44. The Morgan fingerprint density at radius 1 is 1.08 bits per heavy atom. The number of rotatable bonds is 10. The van der Waals surface area contributed by atoms with Crippen LogP contribution in [-0.4, -0.2) is 35.2 Å². The standard InChI is InChI=1S/C31H37ClN2O4/c1-31(2,3)38-30(36)23-12-10-21(11-13-23)16-17-34-27(25(22-14-15-22)18-26(32)29(34)35)20-33(4)19-24-8-6-7-9-28(24)37-5/h6-13,18,22H,14-17,19-20H2,1-5H3. The maximum absolute atomic E-state index is 13.3. The summed E-state index contributed by atoms with van der Waals surface area (Å²) in [6, 6.07) is 17.3. The van der Waals surface area contributed by atoms with Crippen LogP contribution in [0.3, 0.4) is 0 Å². The highest BCUT2D eigenvalue weighted by molar-refractivity contribution is 6.30. The first-order chi connectivity index (χ1) is 18.1. The first kappa shape index (κ1) is 27.9. The second-order valence-electron chi connectivity index (χ2n) is 11.1. The maximum Gasteiger partial charge on any atom is 0.338 e. The Labute approximate surface area is 230 Å². The molecule has 1 heterocycles. The molecule has 6 nitrogen and oxygen atoms in total. The summed E-state index contributed by atoms with van der Waals surface area (Å²) in [6.45, 7) is 7.36. The van der Waals surface area contributed by atoms with Gasteiger partial charge in [-0.05, 0) is 88.4 Å². The lowest BCUT2D eigenvalue weighted by molar-refractivity contribution is 0.00695. The van der Waals surface area contributed by atoms with Crippen LogP contribution in [0.1, 0.15) is 72.3 Å². The van der Waals surface area contributed by atoms with E-state index < -0.39 is 5.60 Å². The number of nitrogens with zero attached hydrogens (tertiary/aromatic N) is 2. The molecule has 0 radical (unpaired) electrons. The number of hydrogen-bond donors (Lipinski definition) is 0. The number of aromatic nitrogens is 1. The third kappa shape index (κ3) is 7.06. The van der Waals surface area contributed by atoms with Gasteiger partial charge in [-0.25, -0.2) is 4.79 Å². The summed E-state index contributed by atoms with van der Waals surface area (Å²) in [6.07, 6.45) is 2.87. The van der Waals surface area contributed by atoms with Gasteiger partial charge in [0.2, 0.25) is 0 Å². The van der Waals surface area contributed by atoms with Gasteiger partial charge < -0.3 is 14.0 Å². The van der Waals surface area contributed by atoms with Crippen LogP contribution in [0, 0.1) is 0 Å². The van der Waals surface area contributed by atoms with E-state index in [0.29, 0.717) is 37.5 Å². The van der Waals surface area contributed by atoms with Crippen LogP contribution < -0.4 is 10.3 Å². The van der Waals surface area contributed by atoms with E-state index in [1.807, 2.05) is 61.7 Å². The molecule has 0 aliphatic heterocycles. The predicted molar refractivity (Wildman–Crippen MR) is 151 cm³/mol. The zero-order chi connectivity index (χ0) is 27.4. The lowest BCUT2D eigenvalue weighted by atomic mass is 10.1. The molecule has 0 N–H and O–H groups in total. The van der Waals surface area contributed by atoms with Crippen LogP contribution in [0.4, 0.5) is 0 Å². The van der Waals surface area contributed by atoms with Gasteiger partial charge in [0.05, 0.1) is 12.7 Å². The second kappa shape index (κ2) is 11.7. The first-order valence-electron chi connectivity index (χ1n) is 13.1. The van der Waals surface area contributed by atoms with Crippen molar-refractivity contribution in [2.45, 2.75) is 71.2 Å². The molecule has 1 aliphatic carbocycles. The van der Waals surface area contributed by atoms with Gasteiger partial charge >= 0.3 is 5.97 Å². The van der Waals surface area contributed by atoms with Crippen molar-refractivity contribution < 1.29 is 14.3 Å². The van der Waals surface area contributed by atoms with Crippen LogP contribution >= 0.6 is 11.6 Å². The highest BCUT2D eigenvalue weighted by Crippen LogP contribution is 2.42. The monoisotopic (exact) mass is 536 g/mol. The van der Waals surface area contributed by atoms with Crippen molar-refractivity contribution in [1.82, 2.24) is 9.47 Å². The SMILES string of the molecule is COc1ccccc1CN(C)Cc1c(C2CC2)cc(Cl)c(=O)n1CCc1ccc(C(=O)OC(C)(C)C)cc1. The van der Waals surface area contributed by atoms with E-state index in [-0.39, 0.29) is 16.6 Å². The van der Waals surface area contributed by atoms with Gasteiger partial charge in [-0.3, -0.25) is 9.69 Å². The lowest BCUT2D eigenvalue weighted by Crippen LogP contribution is -2.30. The van der Waals surface area contributed by atoms with E-state index in [4.69, 9.17) is 21.1 Å². The fourth-order valence-electron chi connectivity index (χ4n) is 4.67. The Hall–Kier alpha value is -3.09. The molecule has 0 saturated heterocycles. The molecule has 0 amide bonds. The van der Waals surface area contributed by atoms with Crippen LogP contribution in [0.2, 0.25) is 5.02 Å². The fourth-order valence-corrected chi connectivity index (χ4v) is 4.89. The number of methoxy groups -OCH3 is 1. The molecule has 3 aromatic rings. The summed E-state index contributed by atoms with van der Waals surface area (Å²) in [5.74, 6) is 0.955. The summed E-state index contributed by atoms with van der Waals surface area (Å²) in [5.41, 5.74) is 4.12. The predicted octanol–water partition coefficient (Wildman–Crippen LogP) is 6.22. The van der Waals surface area contributed by atoms with Crippen LogP contribution in [0.15, 0.2) is 59.4 Å². The van der Waals surface area contributed by atoms with Crippen molar-refractivity contribution in [3.05, 3.63) is 97.9 Å². The van der Waals surface area contributed by atoms with Gasteiger partial charge in [0.15, 0.2) is 0 Å². The fraction of sp³-hybridized carbons (Fsp3) is 0.419. The average Bonchev–Trinajstić information content (AvgIpc) is 3.71. The van der Waals surface area contributed by atoms with Gasteiger partial charge in [-0.15, -0.1) is 0 Å². The molecule has 2 aromatic carbocycles. The zero-order valence-corrected chi connectivity index (χ0v) is 23.7. The van der Waals surface area contributed by atoms with Crippen molar-refractivity contribution in [3.63, 3.8) is 0 Å². The van der Waals surface area contributed by atoms with E-state index in [2.05, 4.69) is 18.0 Å². The number of aryl methyl sites for hydroxylation is 1. The normalized spacial score (nSPS) is 13.6. The summed E-state index contributed by atoms with van der Waals surface area (Å²) in [4.78, 5) is 27.8. The molecule has 1 aliphatic rings. The number of para-hydroxylation sites is 1. The molecule has 7 heteroatoms. The number of halogens is 1. The van der Waals surface area contributed by atoms with Gasteiger partial charge in [-0.2, -0.15) is 0 Å². The largest absolute Gasteiger partial charge is 0.496 e. The molecule has 0 atom stereocenters. The number of pyridine rings is 1.